The molecule has 1 unspecified atom stereocenters. The highest BCUT2D eigenvalue weighted by atomic mass is 19.1. The molecule has 8 heteroatoms. The summed E-state index contributed by atoms with van der Waals surface area (Å²) in [5.74, 6) is -2.74. The van der Waals surface area contributed by atoms with Crippen LogP contribution in [0.15, 0.2) is 84.4 Å². The number of halogens is 1. The molecule has 0 bridgehead atoms. The largest absolute Gasteiger partial charge is 0.507 e. The van der Waals surface area contributed by atoms with E-state index in [0.29, 0.717) is 11.3 Å². The maximum Gasteiger partial charge on any atom is 0.300 e. The summed E-state index contributed by atoms with van der Waals surface area (Å²) in [6.45, 7) is 0. The molecule has 31 heavy (non-hydrogen) atoms. The minimum absolute atomic E-state index is 0.154. The Labute approximate surface area is 175 Å². The van der Waals surface area contributed by atoms with Gasteiger partial charge in [-0.1, -0.05) is 18.2 Å². The number of carbonyl (C=O) groups excluding carboxylic acids is 2. The molecule has 1 saturated heterocycles. The van der Waals surface area contributed by atoms with Crippen molar-refractivity contribution < 1.29 is 24.0 Å². The minimum atomic E-state index is -1.02. The van der Waals surface area contributed by atoms with Gasteiger partial charge in [0.1, 0.15) is 11.6 Å². The number of aliphatic hydroxyl groups is 1. The quantitative estimate of drug-likeness (QED) is 0.223. The Kier molecular flexibility index (Phi) is 5.04. The van der Waals surface area contributed by atoms with E-state index in [0.717, 1.165) is 12.1 Å². The summed E-state index contributed by atoms with van der Waals surface area (Å²) in [7, 11) is 0. The van der Waals surface area contributed by atoms with Gasteiger partial charge in [-0.25, -0.2) is 4.39 Å². The minimum Gasteiger partial charge on any atom is -0.507 e. The Morgan fingerprint density at radius 2 is 1.55 bits per heavy atom. The fraction of sp³-hybridized carbons (Fsp3) is 0.0435. The van der Waals surface area contributed by atoms with Gasteiger partial charge in [-0.15, -0.1) is 0 Å². The van der Waals surface area contributed by atoms with Crippen molar-refractivity contribution in [3.8, 4) is 0 Å². The molecule has 1 aliphatic rings. The Balaban J connectivity index is 1.92. The summed E-state index contributed by atoms with van der Waals surface area (Å²) in [6, 6.07) is 17.6. The smallest absolute Gasteiger partial charge is 0.300 e. The van der Waals surface area contributed by atoms with Crippen molar-refractivity contribution in [2.75, 3.05) is 4.90 Å². The number of nitrogens with zero attached hydrogens (tertiary/aromatic N) is 2. The van der Waals surface area contributed by atoms with E-state index in [1.54, 1.807) is 30.3 Å². The third kappa shape index (κ3) is 3.55. The fourth-order valence-electron chi connectivity index (χ4n) is 3.54. The number of hydrogen-bond acceptors (Lipinski definition) is 5. The Morgan fingerprint density at radius 3 is 2.13 bits per heavy atom. The number of aliphatic hydroxyl groups excluding tert-OH is 1. The SMILES string of the molecule is O=C1C(=O)N(c2ccccc2)C(c2ccc([N+](=O)[O-])cc2)/C1=C(\O)c1ccc(F)cc1. The summed E-state index contributed by atoms with van der Waals surface area (Å²) in [5.41, 5.74) is 0.649. The van der Waals surface area contributed by atoms with Crippen LogP contribution in [0.2, 0.25) is 0 Å². The van der Waals surface area contributed by atoms with E-state index in [4.69, 9.17) is 0 Å². The van der Waals surface area contributed by atoms with E-state index in [1.165, 1.54) is 41.3 Å². The van der Waals surface area contributed by atoms with Crippen LogP contribution in [-0.4, -0.2) is 21.7 Å². The second-order valence-corrected chi connectivity index (χ2v) is 6.86. The molecular formula is C23H15FN2O5. The molecule has 0 radical (unpaired) electrons. The van der Waals surface area contributed by atoms with Crippen molar-refractivity contribution in [3.63, 3.8) is 0 Å². The molecule has 7 nitrogen and oxygen atoms in total. The monoisotopic (exact) mass is 418 g/mol. The van der Waals surface area contributed by atoms with Gasteiger partial charge in [0.05, 0.1) is 16.5 Å². The number of nitro benzene ring substituents is 1. The second kappa shape index (κ2) is 7.83. The number of ketones is 1. The molecule has 3 aromatic carbocycles. The van der Waals surface area contributed by atoms with E-state index in [9.17, 15) is 29.2 Å². The molecule has 154 valence electrons. The van der Waals surface area contributed by atoms with Crippen molar-refractivity contribution in [2.24, 2.45) is 0 Å². The summed E-state index contributed by atoms with van der Waals surface area (Å²) in [5, 5.41) is 21.9. The van der Waals surface area contributed by atoms with Crippen LogP contribution in [0.5, 0.6) is 0 Å². The molecule has 1 heterocycles. The second-order valence-electron chi connectivity index (χ2n) is 6.86. The van der Waals surface area contributed by atoms with Gasteiger partial charge in [0, 0.05) is 23.4 Å². The van der Waals surface area contributed by atoms with Crippen molar-refractivity contribution >= 4 is 28.8 Å². The van der Waals surface area contributed by atoms with Crippen molar-refractivity contribution in [2.45, 2.75) is 6.04 Å². The highest BCUT2D eigenvalue weighted by molar-refractivity contribution is 6.51. The number of Topliss-reactive ketones (excluding diaryl/α,β-unsaturated/α-hetero) is 1. The highest BCUT2D eigenvalue weighted by Crippen LogP contribution is 2.42. The van der Waals surface area contributed by atoms with Crippen LogP contribution in [0, 0.1) is 15.9 Å². The first kappa shape index (κ1) is 20.0. The number of hydrogen-bond donors (Lipinski definition) is 1. The van der Waals surface area contributed by atoms with Crippen LogP contribution in [0.4, 0.5) is 15.8 Å². The number of non-ortho nitro benzene ring substituents is 1. The average molecular weight is 418 g/mol. The third-order valence-electron chi connectivity index (χ3n) is 5.02. The van der Waals surface area contributed by atoms with Gasteiger partial charge >= 0.3 is 0 Å². The number of anilines is 1. The zero-order valence-electron chi connectivity index (χ0n) is 15.9. The van der Waals surface area contributed by atoms with Crippen molar-refractivity contribution in [3.05, 3.63) is 111 Å². The first-order valence-electron chi connectivity index (χ1n) is 9.25. The Hall–Kier alpha value is -4.33. The van der Waals surface area contributed by atoms with Crippen LogP contribution >= 0.6 is 0 Å². The standard InChI is InChI=1S/C23H15FN2O5/c24-16-10-6-15(7-11-16)21(27)19-20(14-8-12-18(13-9-14)26(30)31)25(23(29)22(19)28)17-4-2-1-3-5-17/h1-13,20,27H/b21-19+. The fourth-order valence-corrected chi connectivity index (χ4v) is 3.54. The molecule has 1 N–H and O–H groups in total. The predicted molar refractivity (Wildman–Crippen MR) is 111 cm³/mol. The number of benzene rings is 3. The Bertz CT molecular complexity index is 1200. The molecule has 0 aliphatic carbocycles. The molecule has 3 aromatic rings. The summed E-state index contributed by atoms with van der Waals surface area (Å²) in [6.07, 6.45) is 0. The maximum absolute atomic E-state index is 13.3. The summed E-state index contributed by atoms with van der Waals surface area (Å²) >= 11 is 0. The lowest BCUT2D eigenvalue weighted by Gasteiger charge is -2.25. The summed E-state index contributed by atoms with van der Waals surface area (Å²) in [4.78, 5) is 37.6. The molecule has 0 saturated carbocycles. The Morgan fingerprint density at radius 1 is 0.935 bits per heavy atom. The number of nitro groups is 1. The van der Waals surface area contributed by atoms with Gasteiger partial charge in [-0.05, 0) is 54.1 Å². The number of para-hydroxylation sites is 1. The van der Waals surface area contributed by atoms with Crippen LogP contribution in [0.25, 0.3) is 5.76 Å². The van der Waals surface area contributed by atoms with E-state index >= 15 is 0 Å². The van der Waals surface area contributed by atoms with Crippen molar-refractivity contribution in [1.29, 1.82) is 0 Å². The van der Waals surface area contributed by atoms with Crippen LogP contribution in [0.1, 0.15) is 17.2 Å². The number of carbonyl (C=O) groups is 2. The molecule has 1 atom stereocenters. The normalized spacial score (nSPS) is 17.7. The predicted octanol–water partition coefficient (Wildman–Crippen LogP) is 4.36. The zero-order chi connectivity index (χ0) is 22.1. The van der Waals surface area contributed by atoms with Crippen LogP contribution in [0.3, 0.4) is 0 Å². The number of rotatable bonds is 4. The van der Waals surface area contributed by atoms with Gasteiger partial charge in [0.25, 0.3) is 17.4 Å². The summed E-state index contributed by atoms with van der Waals surface area (Å²) < 4.78 is 13.3. The average Bonchev–Trinajstić information content (AvgIpc) is 3.05. The van der Waals surface area contributed by atoms with E-state index in [1.807, 2.05) is 0 Å². The van der Waals surface area contributed by atoms with Gasteiger partial charge in [0.15, 0.2) is 0 Å². The lowest BCUT2D eigenvalue weighted by molar-refractivity contribution is -0.384. The molecule has 1 fully saturated rings. The zero-order valence-corrected chi connectivity index (χ0v) is 15.9. The van der Waals surface area contributed by atoms with Crippen LogP contribution < -0.4 is 4.90 Å². The van der Waals surface area contributed by atoms with E-state index in [2.05, 4.69) is 0 Å². The topological polar surface area (TPSA) is 101 Å². The molecule has 4 rings (SSSR count). The molecule has 1 amide bonds. The van der Waals surface area contributed by atoms with Gasteiger partial charge in [-0.2, -0.15) is 0 Å². The molecule has 1 aliphatic heterocycles. The van der Waals surface area contributed by atoms with Crippen molar-refractivity contribution in [1.82, 2.24) is 0 Å². The van der Waals surface area contributed by atoms with Crippen LogP contribution in [-0.2, 0) is 9.59 Å². The van der Waals surface area contributed by atoms with Gasteiger partial charge < -0.3 is 5.11 Å². The van der Waals surface area contributed by atoms with E-state index < -0.39 is 34.2 Å². The molecule has 0 aromatic heterocycles. The lowest BCUT2D eigenvalue weighted by Crippen LogP contribution is -2.29. The third-order valence-corrected chi connectivity index (χ3v) is 5.02. The van der Waals surface area contributed by atoms with E-state index in [-0.39, 0.29) is 16.8 Å². The molecular weight excluding hydrogens is 403 g/mol. The lowest BCUT2D eigenvalue weighted by atomic mass is 9.95. The van der Waals surface area contributed by atoms with Gasteiger partial charge in [0.2, 0.25) is 0 Å². The highest BCUT2D eigenvalue weighted by Gasteiger charge is 2.47. The first-order valence-corrected chi connectivity index (χ1v) is 9.25. The maximum atomic E-state index is 13.3. The van der Waals surface area contributed by atoms with Gasteiger partial charge in [-0.3, -0.25) is 24.6 Å². The molecule has 0 spiro atoms. The number of amides is 1. The first-order chi connectivity index (χ1) is 14.9.